The first-order chi connectivity index (χ1) is 22.7. The summed E-state index contributed by atoms with van der Waals surface area (Å²) in [6.45, 7) is 0.779. The van der Waals surface area contributed by atoms with E-state index in [9.17, 15) is 0 Å². The fraction of sp³-hybridized carbons (Fsp3) is 0.0455. The molecule has 0 saturated carbocycles. The highest BCUT2D eigenvalue weighted by molar-refractivity contribution is 6.11. The molecule has 9 rings (SSSR count). The van der Waals surface area contributed by atoms with E-state index in [0.717, 1.165) is 6.54 Å². The molecule has 0 unspecified atom stereocenters. The van der Waals surface area contributed by atoms with Crippen molar-refractivity contribution in [1.82, 2.24) is 9.13 Å². The van der Waals surface area contributed by atoms with Crippen LogP contribution >= 0.6 is 0 Å². The van der Waals surface area contributed by atoms with Gasteiger partial charge in [0.05, 0.1) is 11.0 Å². The lowest BCUT2D eigenvalue weighted by molar-refractivity contribution is 0.869. The van der Waals surface area contributed by atoms with Crippen LogP contribution in [-0.4, -0.2) is 9.13 Å². The molecule has 2 heteroatoms. The highest BCUT2D eigenvalue weighted by Gasteiger charge is 2.15. The SMILES string of the molecule is Cn1c2ccccc2c2cc(-c3cccc(Cn4c5cc(-c6ccccc6)ccc5c5ccc(-c6ccccc6)cc54)c3)ccc21. The van der Waals surface area contributed by atoms with Crippen molar-refractivity contribution in [2.75, 3.05) is 0 Å². The minimum Gasteiger partial charge on any atom is -0.344 e. The van der Waals surface area contributed by atoms with Gasteiger partial charge >= 0.3 is 0 Å². The van der Waals surface area contributed by atoms with E-state index in [-0.39, 0.29) is 0 Å². The Hall–Kier alpha value is -5.86. The number of benzene rings is 7. The van der Waals surface area contributed by atoms with Crippen LogP contribution in [0.3, 0.4) is 0 Å². The van der Waals surface area contributed by atoms with Gasteiger partial charge < -0.3 is 9.13 Å². The quantitative estimate of drug-likeness (QED) is 0.189. The fourth-order valence-corrected chi connectivity index (χ4v) is 7.27. The molecule has 0 radical (unpaired) electrons. The van der Waals surface area contributed by atoms with Crippen LogP contribution < -0.4 is 0 Å². The summed E-state index contributed by atoms with van der Waals surface area (Å²) in [5.74, 6) is 0. The third-order valence-corrected chi connectivity index (χ3v) is 9.60. The van der Waals surface area contributed by atoms with E-state index in [1.807, 2.05) is 0 Å². The van der Waals surface area contributed by atoms with E-state index in [1.165, 1.54) is 82.6 Å². The molecular weight excluding hydrogens is 556 g/mol. The molecule has 2 aromatic heterocycles. The molecule has 0 amide bonds. The monoisotopic (exact) mass is 588 g/mol. The zero-order valence-electron chi connectivity index (χ0n) is 25.7. The van der Waals surface area contributed by atoms with Crippen molar-refractivity contribution in [3.63, 3.8) is 0 Å². The third-order valence-electron chi connectivity index (χ3n) is 9.60. The number of hydrogen-bond acceptors (Lipinski definition) is 0. The molecule has 0 saturated heterocycles. The van der Waals surface area contributed by atoms with Crippen molar-refractivity contribution >= 4 is 43.6 Å². The van der Waals surface area contributed by atoms with Gasteiger partial charge in [-0.15, -0.1) is 0 Å². The van der Waals surface area contributed by atoms with E-state index in [1.54, 1.807) is 0 Å². The second-order valence-electron chi connectivity index (χ2n) is 12.3. The molecular formula is C44H32N2. The van der Waals surface area contributed by atoms with Crippen LogP contribution in [0.2, 0.25) is 0 Å². The lowest BCUT2D eigenvalue weighted by Gasteiger charge is -2.12. The van der Waals surface area contributed by atoms with Crippen molar-refractivity contribution in [2.24, 2.45) is 7.05 Å². The second kappa shape index (κ2) is 10.6. The predicted molar refractivity (Wildman–Crippen MR) is 195 cm³/mol. The molecule has 7 aromatic carbocycles. The fourth-order valence-electron chi connectivity index (χ4n) is 7.27. The predicted octanol–water partition coefficient (Wildman–Crippen LogP) is 11.5. The van der Waals surface area contributed by atoms with Crippen LogP contribution in [0.25, 0.3) is 77.0 Å². The van der Waals surface area contributed by atoms with Crippen molar-refractivity contribution in [1.29, 1.82) is 0 Å². The van der Waals surface area contributed by atoms with Gasteiger partial charge in [0.1, 0.15) is 0 Å². The van der Waals surface area contributed by atoms with E-state index < -0.39 is 0 Å². The van der Waals surface area contributed by atoms with Gasteiger partial charge in [-0.3, -0.25) is 0 Å². The summed E-state index contributed by atoms with van der Waals surface area (Å²) in [7, 11) is 2.16. The first-order valence-corrected chi connectivity index (χ1v) is 15.9. The van der Waals surface area contributed by atoms with Crippen LogP contribution in [0.15, 0.2) is 164 Å². The minimum absolute atomic E-state index is 0.779. The largest absolute Gasteiger partial charge is 0.344 e. The number of nitrogens with zero attached hydrogens (tertiary/aromatic N) is 2. The molecule has 0 spiro atoms. The first-order valence-electron chi connectivity index (χ1n) is 15.9. The Morgan fingerprint density at radius 3 is 1.52 bits per heavy atom. The Morgan fingerprint density at radius 1 is 0.348 bits per heavy atom. The molecule has 2 nitrogen and oxygen atoms in total. The number of aryl methyl sites for hydroxylation is 1. The summed E-state index contributed by atoms with van der Waals surface area (Å²) in [5, 5.41) is 5.16. The van der Waals surface area contributed by atoms with Crippen molar-refractivity contribution in [2.45, 2.75) is 6.54 Å². The van der Waals surface area contributed by atoms with Gasteiger partial charge in [0.2, 0.25) is 0 Å². The summed E-state index contributed by atoms with van der Waals surface area (Å²) < 4.78 is 4.80. The lowest BCUT2D eigenvalue weighted by atomic mass is 10.0. The molecule has 0 aliphatic carbocycles. The number of hydrogen-bond donors (Lipinski definition) is 0. The van der Waals surface area contributed by atoms with Gasteiger partial charge in [-0.25, -0.2) is 0 Å². The van der Waals surface area contributed by atoms with Gasteiger partial charge in [0, 0.05) is 46.2 Å². The summed E-state index contributed by atoms with van der Waals surface area (Å²) >= 11 is 0. The maximum Gasteiger partial charge on any atom is 0.0500 e. The van der Waals surface area contributed by atoms with Gasteiger partial charge in [-0.05, 0) is 75.3 Å². The highest BCUT2D eigenvalue weighted by Crippen LogP contribution is 2.36. The van der Waals surface area contributed by atoms with Crippen LogP contribution in [0.5, 0.6) is 0 Å². The zero-order chi connectivity index (χ0) is 30.6. The van der Waals surface area contributed by atoms with Crippen LogP contribution in [0, 0.1) is 0 Å². The molecule has 0 N–H and O–H groups in total. The number of fused-ring (bicyclic) bond motifs is 6. The molecule has 0 fully saturated rings. The van der Waals surface area contributed by atoms with E-state index in [4.69, 9.17) is 0 Å². The molecule has 46 heavy (non-hydrogen) atoms. The molecule has 0 aliphatic heterocycles. The number of para-hydroxylation sites is 1. The van der Waals surface area contributed by atoms with Gasteiger partial charge in [-0.1, -0.05) is 127 Å². The summed E-state index contributed by atoms with van der Waals surface area (Å²) in [6.07, 6.45) is 0. The summed E-state index contributed by atoms with van der Waals surface area (Å²) in [4.78, 5) is 0. The maximum absolute atomic E-state index is 2.51. The molecule has 0 aliphatic rings. The van der Waals surface area contributed by atoms with Crippen molar-refractivity contribution in [3.05, 3.63) is 169 Å². The normalized spacial score (nSPS) is 11.7. The second-order valence-corrected chi connectivity index (χ2v) is 12.3. The molecule has 0 bridgehead atoms. The third kappa shape index (κ3) is 4.34. The molecule has 218 valence electrons. The maximum atomic E-state index is 2.51. The van der Waals surface area contributed by atoms with Crippen LogP contribution in [-0.2, 0) is 13.6 Å². The van der Waals surface area contributed by atoms with E-state index in [2.05, 4.69) is 180 Å². The Labute approximate surface area is 268 Å². The molecule has 0 atom stereocenters. The minimum atomic E-state index is 0.779. The summed E-state index contributed by atoms with van der Waals surface area (Å²) in [5.41, 5.74) is 13.7. The lowest BCUT2D eigenvalue weighted by Crippen LogP contribution is -2.00. The smallest absolute Gasteiger partial charge is 0.0500 e. The average Bonchev–Trinajstić information content (AvgIpc) is 3.59. The van der Waals surface area contributed by atoms with Crippen LogP contribution in [0.4, 0.5) is 0 Å². The van der Waals surface area contributed by atoms with Gasteiger partial charge in [-0.2, -0.15) is 0 Å². The first kappa shape index (κ1) is 26.5. The topological polar surface area (TPSA) is 9.86 Å². The number of aromatic nitrogens is 2. The van der Waals surface area contributed by atoms with Crippen molar-refractivity contribution < 1.29 is 0 Å². The Kier molecular flexibility index (Phi) is 6.14. The Morgan fingerprint density at radius 2 is 0.848 bits per heavy atom. The Bertz CT molecular complexity index is 2450. The molecule has 2 heterocycles. The number of rotatable bonds is 5. The standard InChI is InChI=1S/C44H32N2/c1-45-41-18-9-8-17-37(41)40-26-34(21-24-42(40)45)33-16-10-11-30(25-33)29-46-43-27-35(31-12-4-2-5-13-31)19-22-38(43)39-23-20-36(28-44(39)46)32-14-6-3-7-15-32/h2-28H,29H2,1H3. The van der Waals surface area contributed by atoms with E-state index >= 15 is 0 Å². The van der Waals surface area contributed by atoms with Crippen LogP contribution in [0.1, 0.15) is 5.56 Å². The van der Waals surface area contributed by atoms with Gasteiger partial charge in [0.25, 0.3) is 0 Å². The van der Waals surface area contributed by atoms with Gasteiger partial charge in [0.15, 0.2) is 0 Å². The highest BCUT2D eigenvalue weighted by atomic mass is 15.0. The zero-order valence-corrected chi connectivity index (χ0v) is 25.7. The molecule has 9 aromatic rings. The van der Waals surface area contributed by atoms with Crippen molar-refractivity contribution in [3.8, 4) is 33.4 Å². The Balaban J connectivity index is 1.19. The average molecular weight is 589 g/mol. The van der Waals surface area contributed by atoms with E-state index in [0.29, 0.717) is 0 Å². The summed E-state index contributed by atoms with van der Waals surface area (Å²) in [6, 6.07) is 59.9.